The molecular formula is C14H23N3. The predicted molar refractivity (Wildman–Crippen MR) is 72.4 cm³/mol. The summed E-state index contributed by atoms with van der Waals surface area (Å²) in [6.45, 7) is 9.66. The third-order valence-electron chi connectivity index (χ3n) is 3.51. The quantitative estimate of drug-likeness (QED) is 0.866. The van der Waals surface area contributed by atoms with Crippen LogP contribution >= 0.6 is 0 Å². The molecule has 1 aliphatic rings. The van der Waals surface area contributed by atoms with Crippen molar-refractivity contribution in [2.24, 2.45) is 0 Å². The van der Waals surface area contributed by atoms with E-state index in [1.165, 1.54) is 29.8 Å². The summed E-state index contributed by atoms with van der Waals surface area (Å²) < 4.78 is 0. The first-order valence-electron chi connectivity index (χ1n) is 6.65. The molecule has 1 aromatic heterocycles. The molecule has 1 fully saturated rings. The highest BCUT2D eigenvalue weighted by Gasteiger charge is 2.22. The molecule has 3 heteroatoms. The summed E-state index contributed by atoms with van der Waals surface area (Å²) in [4.78, 5) is 7.09. The average molecular weight is 233 g/mol. The minimum Gasteiger partial charge on any atom is -0.354 e. The Hall–Kier alpha value is -1.09. The Balaban J connectivity index is 2.13. The minimum absolute atomic E-state index is 0.640. The lowest BCUT2D eigenvalue weighted by molar-refractivity contribution is 0.713. The van der Waals surface area contributed by atoms with E-state index in [0.717, 1.165) is 19.6 Å². The van der Waals surface area contributed by atoms with Gasteiger partial charge in [0.1, 0.15) is 5.82 Å². The predicted octanol–water partition coefficient (Wildman–Crippen LogP) is 2.49. The van der Waals surface area contributed by atoms with E-state index in [9.17, 15) is 0 Å². The summed E-state index contributed by atoms with van der Waals surface area (Å²) in [5.74, 6) is 1.18. The lowest BCUT2D eigenvalue weighted by Gasteiger charge is -2.24. The molecule has 1 aliphatic heterocycles. The third kappa shape index (κ3) is 2.78. The van der Waals surface area contributed by atoms with Crippen LogP contribution in [0, 0.1) is 6.92 Å². The molecule has 17 heavy (non-hydrogen) atoms. The molecule has 1 N–H and O–H groups in total. The van der Waals surface area contributed by atoms with Crippen LogP contribution in [-0.4, -0.2) is 24.1 Å². The lowest BCUT2D eigenvalue weighted by atomic mass is 10.2. The molecule has 2 rings (SSSR count). The highest BCUT2D eigenvalue weighted by molar-refractivity contribution is 5.49. The lowest BCUT2D eigenvalue weighted by Crippen LogP contribution is -2.28. The number of hydrogen-bond donors (Lipinski definition) is 1. The van der Waals surface area contributed by atoms with E-state index in [1.54, 1.807) is 0 Å². The Bertz CT molecular complexity index is 376. The van der Waals surface area contributed by atoms with Crippen molar-refractivity contribution in [3.8, 4) is 0 Å². The van der Waals surface area contributed by atoms with Gasteiger partial charge >= 0.3 is 0 Å². The molecule has 2 heterocycles. The Labute approximate surface area is 104 Å². The van der Waals surface area contributed by atoms with Crippen LogP contribution in [0.25, 0.3) is 0 Å². The van der Waals surface area contributed by atoms with Gasteiger partial charge < -0.3 is 10.2 Å². The van der Waals surface area contributed by atoms with Crippen molar-refractivity contribution in [2.75, 3.05) is 18.0 Å². The van der Waals surface area contributed by atoms with E-state index < -0.39 is 0 Å². The summed E-state index contributed by atoms with van der Waals surface area (Å²) in [5, 5.41) is 3.34. The number of anilines is 1. The molecule has 0 radical (unpaired) electrons. The number of aryl methyl sites for hydroxylation is 1. The fourth-order valence-corrected chi connectivity index (χ4v) is 2.54. The van der Waals surface area contributed by atoms with E-state index in [4.69, 9.17) is 0 Å². The van der Waals surface area contributed by atoms with Crippen molar-refractivity contribution in [3.05, 3.63) is 23.4 Å². The van der Waals surface area contributed by atoms with E-state index in [2.05, 4.69) is 42.0 Å². The molecule has 1 aromatic rings. The first-order chi connectivity index (χ1) is 8.22. The maximum Gasteiger partial charge on any atom is 0.131 e. The van der Waals surface area contributed by atoms with Crippen molar-refractivity contribution in [1.82, 2.24) is 10.3 Å². The van der Waals surface area contributed by atoms with Gasteiger partial charge in [-0.1, -0.05) is 6.92 Å². The van der Waals surface area contributed by atoms with Crippen LogP contribution in [0.15, 0.2) is 12.3 Å². The van der Waals surface area contributed by atoms with Crippen LogP contribution in [0.2, 0.25) is 0 Å². The maximum absolute atomic E-state index is 4.65. The monoisotopic (exact) mass is 233 g/mol. The van der Waals surface area contributed by atoms with Crippen LogP contribution in [0.3, 0.4) is 0 Å². The van der Waals surface area contributed by atoms with Crippen molar-refractivity contribution in [2.45, 2.75) is 46.2 Å². The van der Waals surface area contributed by atoms with Gasteiger partial charge in [-0.2, -0.15) is 0 Å². The number of hydrogen-bond acceptors (Lipinski definition) is 3. The zero-order chi connectivity index (χ0) is 12.3. The molecule has 0 aromatic carbocycles. The molecule has 0 saturated carbocycles. The van der Waals surface area contributed by atoms with Crippen LogP contribution in [0.1, 0.15) is 37.8 Å². The van der Waals surface area contributed by atoms with Crippen LogP contribution in [0.5, 0.6) is 0 Å². The summed E-state index contributed by atoms with van der Waals surface area (Å²) in [6.07, 6.45) is 4.59. The summed E-state index contributed by atoms with van der Waals surface area (Å²) in [5.41, 5.74) is 2.58. The second kappa shape index (κ2) is 5.50. The molecule has 3 nitrogen and oxygen atoms in total. The second-order valence-corrected chi connectivity index (χ2v) is 4.95. The fourth-order valence-electron chi connectivity index (χ4n) is 2.54. The zero-order valence-electron chi connectivity index (χ0n) is 11.2. The first kappa shape index (κ1) is 12.4. The largest absolute Gasteiger partial charge is 0.354 e. The number of aromatic nitrogens is 1. The van der Waals surface area contributed by atoms with Gasteiger partial charge in [0.15, 0.2) is 0 Å². The maximum atomic E-state index is 4.65. The molecule has 1 saturated heterocycles. The van der Waals surface area contributed by atoms with Gasteiger partial charge in [0.2, 0.25) is 0 Å². The summed E-state index contributed by atoms with van der Waals surface area (Å²) in [7, 11) is 0. The number of rotatable bonds is 4. The van der Waals surface area contributed by atoms with Gasteiger partial charge in [-0.15, -0.1) is 0 Å². The Kier molecular flexibility index (Phi) is 4.00. The first-order valence-corrected chi connectivity index (χ1v) is 6.65. The minimum atomic E-state index is 0.640. The normalized spacial score (nSPS) is 19.9. The van der Waals surface area contributed by atoms with Gasteiger partial charge in [-0.3, -0.25) is 0 Å². The smallest absolute Gasteiger partial charge is 0.131 e. The fraction of sp³-hybridized carbons (Fsp3) is 0.643. The van der Waals surface area contributed by atoms with Crippen LogP contribution < -0.4 is 10.2 Å². The van der Waals surface area contributed by atoms with Crippen molar-refractivity contribution < 1.29 is 0 Å². The molecular weight excluding hydrogens is 210 g/mol. The SMILES string of the molecule is CCNCc1cnc(N2CCCC2C)c(C)c1. The van der Waals surface area contributed by atoms with E-state index in [1.807, 2.05) is 6.20 Å². The number of nitrogens with zero attached hydrogens (tertiary/aromatic N) is 2. The van der Waals surface area contributed by atoms with Crippen LogP contribution in [-0.2, 0) is 6.54 Å². The van der Waals surface area contributed by atoms with Crippen LogP contribution in [0.4, 0.5) is 5.82 Å². The Morgan fingerprint density at radius 3 is 2.94 bits per heavy atom. The summed E-state index contributed by atoms with van der Waals surface area (Å²) in [6, 6.07) is 2.90. The third-order valence-corrected chi connectivity index (χ3v) is 3.51. The van der Waals surface area contributed by atoms with Gasteiger partial charge in [-0.25, -0.2) is 4.98 Å². The molecule has 94 valence electrons. The Morgan fingerprint density at radius 1 is 1.53 bits per heavy atom. The molecule has 0 amide bonds. The average Bonchev–Trinajstić information content (AvgIpc) is 2.73. The molecule has 0 spiro atoms. The Morgan fingerprint density at radius 2 is 2.35 bits per heavy atom. The van der Waals surface area contributed by atoms with Gasteiger partial charge in [0.05, 0.1) is 0 Å². The standard InChI is InChI=1S/C14H23N3/c1-4-15-9-13-8-11(2)14(16-10-13)17-7-5-6-12(17)3/h8,10,12,15H,4-7,9H2,1-3H3. The highest BCUT2D eigenvalue weighted by Crippen LogP contribution is 2.26. The number of pyridine rings is 1. The van der Waals surface area contributed by atoms with Gasteiger partial charge in [-0.05, 0) is 50.4 Å². The van der Waals surface area contributed by atoms with Gasteiger partial charge in [0.25, 0.3) is 0 Å². The highest BCUT2D eigenvalue weighted by atomic mass is 15.2. The second-order valence-electron chi connectivity index (χ2n) is 4.95. The number of nitrogens with one attached hydrogen (secondary N) is 1. The van der Waals surface area contributed by atoms with Crippen molar-refractivity contribution >= 4 is 5.82 Å². The molecule has 0 aliphatic carbocycles. The molecule has 1 atom stereocenters. The zero-order valence-corrected chi connectivity index (χ0v) is 11.2. The molecule has 1 unspecified atom stereocenters. The van der Waals surface area contributed by atoms with E-state index in [0.29, 0.717) is 6.04 Å². The summed E-state index contributed by atoms with van der Waals surface area (Å²) >= 11 is 0. The van der Waals surface area contributed by atoms with Gasteiger partial charge in [0, 0.05) is 25.3 Å². The van der Waals surface area contributed by atoms with Crippen molar-refractivity contribution in [1.29, 1.82) is 0 Å². The molecule has 0 bridgehead atoms. The van der Waals surface area contributed by atoms with Crippen molar-refractivity contribution in [3.63, 3.8) is 0 Å². The van der Waals surface area contributed by atoms with E-state index in [-0.39, 0.29) is 0 Å². The topological polar surface area (TPSA) is 28.2 Å². The van der Waals surface area contributed by atoms with E-state index >= 15 is 0 Å².